The molecule has 3 aliphatic rings. The Morgan fingerprint density at radius 1 is 0.944 bits per heavy atom. The van der Waals surface area contributed by atoms with Crippen molar-refractivity contribution in [3.05, 3.63) is 107 Å². The molecule has 11 atom stereocenters. The van der Waals surface area contributed by atoms with Crippen LogP contribution in [0.15, 0.2) is 107 Å². The molecule has 0 spiro atoms. The second kappa shape index (κ2) is 21.8. The molecule has 0 saturated carbocycles. The number of aliphatic hydroxyl groups excluding tert-OH is 3. The van der Waals surface area contributed by atoms with Crippen molar-refractivity contribution in [3.8, 4) is 0 Å². The summed E-state index contributed by atoms with van der Waals surface area (Å²) in [6, 6.07) is -1.05. The first-order valence-electron chi connectivity index (χ1n) is 19.0. The monoisotopic (exact) mass is 752 g/mol. The number of ether oxygens (including phenoxy) is 4. The Morgan fingerprint density at radius 2 is 1.65 bits per heavy atom. The van der Waals surface area contributed by atoms with Crippen molar-refractivity contribution in [1.82, 2.24) is 5.32 Å². The fourth-order valence-electron chi connectivity index (χ4n) is 6.19. The van der Waals surface area contributed by atoms with Gasteiger partial charge in [0.15, 0.2) is 12.6 Å². The van der Waals surface area contributed by atoms with E-state index >= 15 is 0 Å². The van der Waals surface area contributed by atoms with Crippen LogP contribution in [0.1, 0.15) is 68.2 Å². The summed E-state index contributed by atoms with van der Waals surface area (Å²) in [5.41, 5.74) is 8.57. The lowest BCUT2D eigenvalue weighted by Gasteiger charge is -2.43. The van der Waals surface area contributed by atoms with E-state index in [4.69, 9.17) is 24.7 Å². The van der Waals surface area contributed by atoms with E-state index in [1.54, 1.807) is 44.2 Å². The average Bonchev–Trinajstić information content (AvgIpc) is 3.09. The summed E-state index contributed by atoms with van der Waals surface area (Å²) < 4.78 is 23.7. The smallest absolute Gasteiger partial charge is 0.247 e. The Balaban J connectivity index is 1.86. The van der Waals surface area contributed by atoms with Gasteiger partial charge in [0.05, 0.1) is 24.9 Å². The quantitative estimate of drug-likeness (QED) is 0.222. The van der Waals surface area contributed by atoms with Crippen LogP contribution in [0.25, 0.3) is 0 Å². The number of rotatable bonds is 6. The van der Waals surface area contributed by atoms with Gasteiger partial charge in [0.2, 0.25) is 5.91 Å². The van der Waals surface area contributed by atoms with Crippen molar-refractivity contribution in [2.24, 2.45) is 17.6 Å². The first-order valence-corrected chi connectivity index (χ1v) is 19.0. The lowest BCUT2D eigenvalue weighted by molar-refractivity contribution is -0.305. The van der Waals surface area contributed by atoms with Gasteiger partial charge >= 0.3 is 0 Å². The van der Waals surface area contributed by atoms with Crippen molar-refractivity contribution in [2.45, 2.75) is 129 Å². The molecular formula is C43H64N2O9. The maximum atomic E-state index is 13.2. The zero-order valence-electron chi connectivity index (χ0n) is 33.2. The minimum Gasteiger partial charge on any atom is -0.390 e. The predicted molar refractivity (Wildman–Crippen MR) is 212 cm³/mol. The lowest BCUT2D eigenvalue weighted by atomic mass is 9.96. The maximum Gasteiger partial charge on any atom is 0.247 e. The zero-order chi connectivity index (χ0) is 40.0. The van der Waals surface area contributed by atoms with Crippen LogP contribution in [0, 0.1) is 11.8 Å². The van der Waals surface area contributed by atoms with Crippen LogP contribution in [0.4, 0.5) is 0 Å². The molecule has 11 unspecified atom stereocenters. The third-order valence-corrected chi connectivity index (χ3v) is 9.32. The van der Waals surface area contributed by atoms with Gasteiger partial charge in [-0.2, -0.15) is 0 Å². The Bertz CT molecular complexity index is 1490. The highest BCUT2D eigenvalue weighted by molar-refractivity contribution is 5.93. The second-order valence-corrected chi connectivity index (χ2v) is 15.3. The van der Waals surface area contributed by atoms with Gasteiger partial charge in [-0.3, -0.25) is 4.79 Å². The summed E-state index contributed by atoms with van der Waals surface area (Å²) >= 11 is 0. The summed E-state index contributed by atoms with van der Waals surface area (Å²) in [4.78, 5) is 13.2. The maximum absolute atomic E-state index is 13.2. The van der Waals surface area contributed by atoms with Crippen LogP contribution in [0.2, 0.25) is 0 Å². The van der Waals surface area contributed by atoms with E-state index in [0.29, 0.717) is 18.9 Å². The standard InChI is InChI=1S/C43H64N2O9/c1-27(2)21-33-23-30(5)16-10-9-13-20-43(8,50)36(19-12-11-15-28(3)17-14-18-29(4)22-31(6)25-45-41(33)49)54-42-38(44)40(48)35(26-51-42)53-37-24-34(46)39(47)32(7)52-37/h9-20,22-23,27,31-32,34-40,42,46-48,50H,21,24-26,44H2,1-8H3,(H,45,49). The number of carbonyl (C=O) groups is 1. The number of nitrogens with two attached hydrogens (primary N) is 1. The molecule has 0 aromatic carbocycles. The van der Waals surface area contributed by atoms with Crippen molar-refractivity contribution in [1.29, 1.82) is 0 Å². The van der Waals surface area contributed by atoms with Crippen molar-refractivity contribution < 1.29 is 44.2 Å². The molecule has 1 amide bonds. The van der Waals surface area contributed by atoms with Crippen LogP contribution >= 0.6 is 0 Å². The number of hydrogen-bond donors (Lipinski definition) is 6. The van der Waals surface area contributed by atoms with E-state index in [2.05, 4.69) is 32.2 Å². The van der Waals surface area contributed by atoms with Gasteiger partial charge in [-0.15, -0.1) is 0 Å². The highest BCUT2D eigenvalue weighted by atomic mass is 16.7. The summed E-state index contributed by atoms with van der Waals surface area (Å²) in [7, 11) is 0. The summed E-state index contributed by atoms with van der Waals surface area (Å²) in [5, 5.41) is 46.0. The van der Waals surface area contributed by atoms with Crippen molar-refractivity contribution in [2.75, 3.05) is 13.2 Å². The zero-order valence-corrected chi connectivity index (χ0v) is 33.2. The van der Waals surface area contributed by atoms with Crippen molar-refractivity contribution in [3.63, 3.8) is 0 Å². The number of carbonyl (C=O) groups excluding carboxylic acids is 1. The first kappa shape index (κ1) is 45.2. The fraction of sp³-hybridized carbons (Fsp3) is 0.558. The van der Waals surface area contributed by atoms with Gasteiger partial charge in [0.25, 0.3) is 0 Å². The first-order chi connectivity index (χ1) is 25.5. The molecule has 3 rings (SSSR count). The number of hydrogen-bond acceptors (Lipinski definition) is 10. The van der Waals surface area contributed by atoms with Gasteiger partial charge in [-0.05, 0) is 52.9 Å². The Kier molecular flexibility index (Phi) is 18.2. The van der Waals surface area contributed by atoms with Gasteiger partial charge in [0.1, 0.15) is 30.0 Å². The summed E-state index contributed by atoms with van der Waals surface area (Å²) in [6.07, 6.45) is 19.0. The highest BCUT2D eigenvalue weighted by Gasteiger charge is 2.44. The van der Waals surface area contributed by atoms with Gasteiger partial charge in [-0.25, -0.2) is 0 Å². The Hall–Kier alpha value is -3.23. The van der Waals surface area contributed by atoms with Gasteiger partial charge in [-0.1, -0.05) is 123 Å². The van der Waals surface area contributed by atoms with Crippen molar-refractivity contribution >= 4 is 5.91 Å². The molecule has 0 aromatic heterocycles. The molecule has 2 fully saturated rings. The van der Waals surface area contributed by atoms with Crippen LogP contribution in [0.5, 0.6) is 0 Å². The van der Waals surface area contributed by atoms with Crippen LogP contribution in [0.3, 0.4) is 0 Å². The molecule has 300 valence electrons. The highest BCUT2D eigenvalue weighted by Crippen LogP contribution is 2.28. The molecule has 0 radical (unpaired) electrons. The predicted octanol–water partition coefficient (Wildman–Crippen LogP) is 4.77. The second-order valence-electron chi connectivity index (χ2n) is 15.3. The number of aliphatic hydroxyl groups is 4. The van der Waals surface area contributed by atoms with E-state index in [9.17, 15) is 25.2 Å². The molecule has 2 saturated heterocycles. The molecule has 11 nitrogen and oxygen atoms in total. The SMILES string of the molecule is CC1=CC=CC(C)=CC(C)CNC(=O)C(CC(C)C)=CC(C)=CC=CC=CC(C)(O)C(OC2OCC(OC3CC(O)C(O)C(C)O3)C(O)C2N)C=CC=C1. The van der Waals surface area contributed by atoms with E-state index < -0.39 is 60.8 Å². The van der Waals surface area contributed by atoms with Gasteiger partial charge < -0.3 is 50.4 Å². The van der Waals surface area contributed by atoms with Crippen LogP contribution in [-0.4, -0.2) is 100 Å². The van der Waals surface area contributed by atoms with E-state index in [-0.39, 0.29) is 24.9 Å². The van der Waals surface area contributed by atoms with E-state index in [0.717, 1.165) is 22.3 Å². The third-order valence-electron chi connectivity index (χ3n) is 9.32. The third kappa shape index (κ3) is 14.8. The normalized spacial score (nSPS) is 35.5. The largest absolute Gasteiger partial charge is 0.390 e. The number of nitrogens with one attached hydrogen (secondary N) is 1. The Morgan fingerprint density at radius 3 is 2.35 bits per heavy atom. The molecule has 7 N–H and O–H groups in total. The molecule has 3 aliphatic heterocycles. The summed E-state index contributed by atoms with van der Waals surface area (Å²) in [6.45, 7) is 15.9. The molecule has 0 aliphatic carbocycles. The van der Waals surface area contributed by atoms with Crippen LogP contribution < -0.4 is 11.1 Å². The number of amides is 1. The summed E-state index contributed by atoms with van der Waals surface area (Å²) in [5.74, 6) is 0.380. The lowest BCUT2D eigenvalue weighted by Crippen LogP contribution is -2.61. The number of allylic oxidation sites excluding steroid dienone is 14. The minimum atomic E-state index is -1.54. The molecule has 11 heteroatoms. The average molecular weight is 753 g/mol. The minimum absolute atomic E-state index is 0.0250. The fourth-order valence-corrected chi connectivity index (χ4v) is 6.19. The molecule has 0 aromatic rings. The van der Waals surface area contributed by atoms with Crippen LogP contribution in [-0.2, 0) is 23.7 Å². The van der Waals surface area contributed by atoms with Gasteiger partial charge in [0, 0.05) is 18.5 Å². The van der Waals surface area contributed by atoms with E-state index in [1.165, 1.54) is 0 Å². The molecular weight excluding hydrogens is 688 g/mol. The topological polar surface area (TPSA) is 173 Å². The van der Waals surface area contributed by atoms with E-state index in [1.807, 2.05) is 69.4 Å². The molecule has 3 heterocycles. The Labute approximate surface area is 322 Å². The molecule has 0 bridgehead atoms. The molecule has 54 heavy (non-hydrogen) atoms.